The van der Waals surface area contributed by atoms with Crippen molar-refractivity contribution < 1.29 is 4.79 Å². The molecule has 26 heavy (non-hydrogen) atoms. The van der Waals surface area contributed by atoms with Gasteiger partial charge in [-0.3, -0.25) is 18.7 Å². The Balaban J connectivity index is 2.04. The maximum absolute atomic E-state index is 12.6. The average Bonchev–Trinajstić information content (AvgIpc) is 3.06. The summed E-state index contributed by atoms with van der Waals surface area (Å²) < 4.78 is 3.65. The Kier molecular flexibility index (Phi) is 4.64. The van der Waals surface area contributed by atoms with Gasteiger partial charge in [-0.15, -0.1) is 0 Å². The van der Waals surface area contributed by atoms with Gasteiger partial charge in [-0.1, -0.05) is 29.3 Å². The summed E-state index contributed by atoms with van der Waals surface area (Å²) in [5.74, 6) is -0.413. The molecule has 0 aliphatic heterocycles. The van der Waals surface area contributed by atoms with E-state index in [1.54, 1.807) is 25.1 Å². The highest BCUT2D eigenvalue weighted by atomic mass is 35.5. The zero-order chi connectivity index (χ0) is 19.2. The Morgan fingerprint density at radius 2 is 1.88 bits per heavy atom. The molecule has 0 radical (unpaired) electrons. The topological polar surface area (TPSA) is 90.9 Å². The number of fused-ring (bicyclic) bond motifs is 1. The third-order valence-electron chi connectivity index (χ3n) is 4.18. The van der Waals surface area contributed by atoms with E-state index in [1.807, 2.05) is 0 Å². The van der Waals surface area contributed by atoms with Crippen molar-refractivity contribution in [2.75, 3.05) is 5.32 Å². The van der Waals surface area contributed by atoms with Crippen LogP contribution < -0.4 is 16.6 Å². The van der Waals surface area contributed by atoms with E-state index in [2.05, 4.69) is 10.3 Å². The lowest BCUT2D eigenvalue weighted by atomic mass is 10.2. The summed E-state index contributed by atoms with van der Waals surface area (Å²) in [6, 6.07) is 4.11. The summed E-state index contributed by atoms with van der Waals surface area (Å²) in [6.07, 6.45) is 1.36. The quantitative estimate of drug-likeness (QED) is 0.733. The van der Waals surface area contributed by atoms with Crippen molar-refractivity contribution in [2.45, 2.75) is 13.0 Å². The van der Waals surface area contributed by atoms with Gasteiger partial charge in [-0.25, -0.2) is 9.78 Å². The van der Waals surface area contributed by atoms with Gasteiger partial charge >= 0.3 is 5.69 Å². The molecule has 2 aromatic heterocycles. The molecule has 0 spiro atoms. The van der Waals surface area contributed by atoms with Crippen molar-refractivity contribution in [1.29, 1.82) is 0 Å². The van der Waals surface area contributed by atoms with E-state index in [4.69, 9.17) is 23.2 Å². The summed E-state index contributed by atoms with van der Waals surface area (Å²) in [6.45, 7) is 1.61. The summed E-state index contributed by atoms with van der Waals surface area (Å²) in [4.78, 5) is 41.2. The van der Waals surface area contributed by atoms with E-state index in [-0.39, 0.29) is 16.2 Å². The molecule has 8 nitrogen and oxygen atoms in total. The van der Waals surface area contributed by atoms with Gasteiger partial charge in [-0.05, 0) is 19.1 Å². The maximum Gasteiger partial charge on any atom is 0.332 e. The molecule has 3 rings (SSSR count). The second-order valence-corrected chi connectivity index (χ2v) is 6.58. The molecule has 1 N–H and O–H groups in total. The molecule has 2 heterocycles. The number of carbonyl (C=O) groups is 1. The number of hydrogen-bond donors (Lipinski definition) is 1. The first-order valence-electron chi connectivity index (χ1n) is 7.61. The number of aryl methyl sites for hydroxylation is 1. The van der Waals surface area contributed by atoms with E-state index in [1.165, 1.54) is 29.6 Å². The van der Waals surface area contributed by atoms with Crippen molar-refractivity contribution in [1.82, 2.24) is 18.7 Å². The summed E-state index contributed by atoms with van der Waals surface area (Å²) in [7, 11) is 2.88. The number of hydrogen-bond acceptors (Lipinski definition) is 4. The predicted octanol–water partition coefficient (Wildman–Crippen LogP) is 1.94. The van der Waals surface area contributed by atoms with Gasteiger partial charge < -0.3 is 9.88 Å². The molecule has 10 heteroatoms. The van der Waals surface area contributed by atoms with Crippen LogP contribution in [0.3, 0.4) is 0 Å². The third kappa shape index (κ3) is 2.81. The van der Waals surface area contributed by atoms with Crippen molar-refractivity contribution >= 4 is 46.0 Å². The third-order valence-corrected chi connectivity index (χ3v) is 5.00. The number of imidazole rings is 1. The number of nitrogens with one attached hydrogen (secondary N) is 1. The lowest BCUT2D eigenvalue weighted by Gasteiger charge is -2.15. The van der Waals surface area contributed by atoms with E-state index in [0.717, 1.165) is 4.57 Å². The number of carbonyl (C=O) groups excluding carboxylic acids is 1. The van der Waals surface area contributed by atoms with Gasteiger partial charge in [0.1, 0.15) is 6.04 Å². The molecule has 1 unspecified atom stereocenters. The van der Waals surface area contributed by atoms with Crippen molar-refractivity contribution in [2.24, 2.45) is 14.1 Å². The molecule has 0 saturated heterocycles. The Hall–Kier alpha value is -2.58. The van der Waals surface area contributed by atoms with E-state index >= 15 is 0 Å². The fourth-order valence-electron chi connectivity index (χ4n) is 2.62. The Labute approximate surface area is 157 Å². The average molecular weight is 396 g/mol. The molecule has 1 atom stereocenters. The molecule has 0 aliphatic rings. The lowest BCUT2D eigenvalue weighted by Crippen LogP contribution is -2.38. The van der Waals surface area contributed by atoms with E-state index in [0.29, 0.717) is 10.7 Å². The van der Waals surface area contributed by atoms with Gasteiger partial charge in [-0.2, -0.15) is 0 Å². The molecule has 0 fully saturated rings. The number of halogens is 2. The minimum absolute atomic E-state index is 0.162. The second-order valence-electron chi connectivity index (χ2n) is 5.80. The number of benzene rings is 1. The maximum atomic E-state index is 12.6. The zero-order valence-electron chi connectivity index (χ0n) is 14.2. The number of rotatable bonds is 3. The predicted molar refractivity (Wildman–Crippen MR) is 100 cm³/mol. The molecule has 1 amide bonds. The Morgan fingerprint density at radius 3 is 2.58 bits per heavy atom. The molecule has 136 valence electrons. The Bertz CT molecular complexity index is 1150. The highest BCUT2D eigenvalue weighted by Gasteiger charge is 2.22. The normalized spacial score (nSPS) is 12.3. The first kappa shape index (κ1) is 18.2. The molecule has 0 bridgehead atoms. The molecule has 0 saturated carbocycles. The smallest absolute Gasteiger partial charge is 0.323 e. The van der Waals surface area contributed by atoms with Crippen LogP contribution >= 0.6 is 23.2 Å². The van der Waals surface area contributed by atoms with E-state index < -0.39 is 23.2 Å². The van der Waals surface area contributed by atoms with Crippen LogP contribution in [-0.4, -0.2) is 24.6 Å². The fourth-order valence-corrected chi connectivity index (χ4v) is 2.97. The monoisotopic (exact) mass is 395 g/mol. The first-order chi connectivity index (χ1) is 12.2. The number of amides is 1. The van der Waals surface area contributed by atoms with Gasteiger partial charge in [0, 0.05) is 14.1 Å². The Morgan fingerprint density at radius 1 is 1.19 bits per heavy atom. The van der Waals surface area contributed by atoms with Crippen molar-refractivity contribution in [3.8, 4) is 0 Å². The summed E-state index contributed by atoms with van der Waals surface area (Å²) >= 11 is 12.0. The minimum Gasteiger partial charge on any atom is -0.323 e. The molecule has 1 aromatic carbocycles. The molecule has 0 aliphatic carbocycles. The molecular formula is C16H15Cl2N5O3. The van der Waals surface area contributed by atoms with E-state index in [9.17, 15) is 14.4 Å². The van der Waals surface area contributed by atoms with Crippen LogP contribution in [0.4, 0.5) is 5.69 Å². The van der Waals surface area contributed by atoms with Crippen LogP contribution in [0.5, 0.6) is 0 Å². The summed E-state index contributed by atoms with van der Waals surface area (Å²) in [5, 5.41) is 3.22. The van der Waals surface area contributed by atoms with Crippen molar-refractivity contribution in [3.63, 3.8) is 0 Å². The van der Waals surface area contributed by atoms with Crippen LogP contribution in [0.25, 0.3) is 11.2 Å². The fraction of sp³-hybridized carbons (Fsp3) is 0.250. The largest absolute Gasteiger partial charge is 0.332 e. The van der Waals surface area contributed by atoms with Gasteiger partial charge in [0.25, 0.3) is 5.56 Å². The standard InChI is InChI=1S/C16H15Cl2N5O3/c1-8(14(24)20-10-6-4-5-9(17)11(10)18)23-7-19-13-12(23)15(25)22(3)16(26)21(13)2/h4-8H,1-3H3,(H,20,24). The van der Waals surface area contributed by atoms with Gasteiger partial charge in [0.05, 0.1) is 22.1 Å². The molecular weight excluding hydrogens is 381 g/mol. The lowest BCUT2D eigenvalue weighted by molar-refractivity contribution is -0.118. The number of nitrogens with zero attached hydrogens (tertiary/aromatic N) is 4. The van der Waals surface area contributed by atoms with Crippen LogP contribution in [0.15, 0.2) is 34.1 Å². The second kappa shape index (κ2) is 6.62. The van der Waals surface area contributed by atoms with Crippen LogP contribution in [-0.2, 0) is 18.9 Å². The van der Waals surface area contributed by atoms with Crippen LogP contribution in [0.1, 0.15) is 13.0 Å². The SMILES string of the molecule is CC(C(=O)Nc1cccc(Cl)c1Cl)n1cnc2c1c(=O)n(C)c(=O)n2C. The molecule has 3 aromatic rings. The van der Waals surface area contributed by atoms with Crippen LogP contribution in [0.2, 0.25) is 10.0 Å². The number of aromatic nitrogens is 4. The van der Waals surface area contributed by atoms with Gasteiger partial charge in [0.2, 0.25) is 5.91 Å². The zero-order valence-corrected chi connectivity index (χ0v) is 15.7. The first-order valence-corrected chi connectivity index (χ1v) is 8.37. The highest BCUT2D eigenvalue weighted by Crippen LogP contribution is 2.30. The number of anilines is 1. The van der Waals surface area contributed by atoms with Crippen molar-refractivity contribution in [3.05, 3.63) is 55.4 Å². The van der Waals surface area contributed by atoms with Crippen LogP contribution in [0, 0.1) is 0 Å². The summed E-state index contributed by atoms with van der Waals surface area (Å²) in [5.41, 5.74) is -0.287. The van der Waals surface area contributed by atoms with Gasteiger partial charge in [0.15, 0.2) is 11.2 Å². The highest BCUT2D eigenvalue weighted by molar-refractivity contribution is 6.44. The minimum atomic E-state index is -0.778.